The third kappa shape index (κ3) is 21.3. The van der Waals surface area contributed by atoms with Gasteiger partial charge in [0.05, 0.1) is 14.2 Å². The number of halogens is 3. The van der Waals surface area contributed by atoms with Gasteiger partial charge >= 0.3 is 24.3 Å². The zero-order chi connectivity index (χ0) is 38.9. The van der Waals surface area contributed by atoms with Crippen LogP contribution in [0.4, 0.5) is 22.8 Å². The van der Waals surface area contributed by atoms with E-state index in [1.807, 2.05) is 6.92 Å². The molecule has 3 heterocycles. The van der Waals surface area contributed by atoms with E-state index in [2.05, 4.69) is 29.1 Å². The molecule has 9 amide bonds. The van der Waals surface area contributed by atoms with Crippen molar-refractivity contribution in [1.29, 1.82) is 0 Å². The molecule has 0 spiro atoms. The maximum absolute atomic E-state index is 11.7. The molecule has 0 saturated carbocycles. The lowest BCUT2D eigenvalue weighted by Crippen LogP contribution is -2.42. The molecule has 0 bridgehead atoms. The lowest BCUT2D eigenvalue weighted by molar-refractivity contribution is -0.173. The van der Waals surface area contributed by atoms with Gasteiger partial charge in [0.25, 0.3) is 35.4 Å². The van der Waals surface area contributed by atoms with Crippen molar-refractivity contribution in [2.75, 3.05) is 47.1 Å². The van der Waals surface area contributed by atoms with Crippen LogP contribution in [0, 0.1) is 0 Å². The number of nitrogens with zero attached hydrogens (tertiary/aromatic N) is 3. The van der Waals surface area contributed by atoms with Crippen LogP contribution in [0.5, 0.6) is 0 Å². The monoisotopic (exact) mass is 737 g/mol. The van der Waals surface area contributed by atoms with Crippen LogP contribution in [0.1, 0.15) is 53.9 Å². The van der Waals surface area contributed by atoms with E-state index in [4.69, 9.17) is 4.74 Å². The molecule has 0 aromatic heterocycles. The SMILES string of the molecule is C.CCCCCN1C(=O)C=CC1=O.CCCOCC.COC(=O)N1C(=O)C=CC1=O.COC(N)=O.O=C1C=CC(=O)N1CCNC(=O)C(F)(F)F. The number of hydrogen-bond acceptors (Lipinski definition) is 12. The van der Waals surface area contributed by atoms with Gasteiger partial charge in [-0.1, -0.05) is 34.1 Å². The van der Waals surface area contributed by atoms with Crippen molar-refractivity contribution in [3.8, 4) is 0 Å². The molecule has 0 unspecified atom stereocenters. The van der Waals surface area contributed by atoms with E-state index in [0.717, 1.165) is 75.2 Å². The number of rotatable bonds is 10. The second kappa shape index (κ2) is 27.4. The van der Waals surface area contributed by atoms with Gasteiger partial charge < -0.3 is 25.3 Å². The third-order valence-electron chi connectivity index (χ3n) is 5.59. The van der Waals surface area contributed by atoms with Gasteiger partial charge in [-0.05, 0) is 19.8 Å². The van der Waals surface area contributed by atoms with Crippen molar-refractivity contribution in [3.63, 3.8) is 0 Å². The second-order valence-electron chi connectivity index (χ2n) is 9.32. The Bertz CT molecular complexity index is 1240. The molecule has 3 N–H and O–H groups in total. The predicted octanol–water partition coefficient (Wildman–Crippen LogP) is 2.15. The molecule has 0 saturated heterocycles. The van der Waals surface area contributed by atoms with Crippen molar-refractivity contribution < 1.29 is 70.5 Å². The lowest BCUT2D eigenvalue weighted by atomic mass is 10.2. The summed E-state index contributed by atoms with van der Waals surface area (Å²) in [5.41, 5.74) is 4.43. The van der Waals surface area contributed by atoms with E-state index in [1.165, 1.54) is 24.2 Å². The van der Waals surface area contributed by atoms with E-state index >= 15 is 0 Å². The Morgan fingerprint density at radius 2 is 1.12 bits per heavy atom. The Morgan fingerprint density at radius 1 is 0.706 bits per heavy atom. The van der Waals surface area contributed by atoms with Gasteiger partial charge in [0.1, 0.15) is 0 Å². The van der Waals surface area contributed by atoms with Crippen molar-refractivity contribution in [1.82, 2.24) is 20.0 Å². The molecule has 0 fully saturated rings. The summed E-state index contributed by atoms with van der Waals surface area (Å²) in [5, 5.41) is 1.55. The molecule has 288 valence electrons. The minimum atomic E-state index is -4.96. The van der Waals surface area contributed by atoms with Gasteiger partial charge in [0.2, 0.25) is 0 Å². The zero-order valence-corrected chi connectivity index (χ0v) is 28.3. The molecule has 0 atom stereocenters. The number of carbonyl (C=O) groups is 9. The van der Waals surface area contributed by atoms with Gasteiger partial charge in [-0.3, -0.25) is 43.4 Å². The minimum absolute atomic E-state index is 0. The van der Waals surface area contributed by atoms with Crippen molar-refractivity contribution in [2.45, 2.75) is 60.1 Å². The smallest absolute Gasteiger partial charge is 0.453 e. The fourth-order valence-electron chi connectivity index (χ4n) is 3.16. The first-order valence-corrected chi connectivity index (χ1v) is 14.9. The minimum Gasteiger partial charge on any atom is -0.453 e. The zero-order valence-electron chi connectivity index (χ0n) is 28.3. The maximum Gasteiger partial charge on any atom is 0.471 e. The predicted molar refractivity (Wildman–Crippen MR) is 174 cm³/mol. The van der Waals surface area contributed by atoms with Crippen LogP contribution in [0.2, 0.25) is 0 Å². The Hall–Kier alpha value is -5.40. The molecule has 51 heavy (non-hydrogen) atoms. The van der Waals surface area contributed by atoms with Gasteiger partial charge in [0, 0.05) is 69.3 Å². The van der Waals surface area contributed by atoms with Crippen LogP contribution >= 0.6 is 0 Å². The topological polar surface area (TPSA) is 229 Å². The van der Waals surface area contributed by atoms with Gasteiger partial charge in [-0.25, -0.2) is 9.59 Å². The summed E-state index contributed by atoms with van der Waals surface area (Å²) in [6.45, 7) is 7.82. The number of nitrogens with two attached hydrogens (primary N) is 1. The summed E-state index contributed by atoms with van der Waals surface area (Å²) in [6.07, 6.45) is 4.25. The Morgan fingerprint density at radius 3 is 1.43 bits per heavy atom. The average Bonchev–Trinajstić information content (AvgIpc) is 3.70. The maximum atomic E-state index is 11.7. The largest absolute Gasteiger partial charge is 0.471 e. The summed E-state index contributed by atoms with van der Waals surface area (Å²) >= 11 is 0. The number of hydrogen-bond donors (Lipinski definition) is 2. The first-order chi connectivity index (χ1) is 23.4. The molecular formula is C31H46F3N5O12. The second-order valence-corrected chi connectivity index (χ2v) is 9.32. The number of primary amides is 1. The van der Waals surface area contributed by atoms with Crippen LogP contribution in [-0.2, 0) is 47.8 Å². The number of carbonyl (C=O) groups excluding carboxylic acids is 9. The molecule has 3 aliphatic rings. The quantitative estimate of drug-likeness (QED) is 0.243. The molecule has 20 heteroatoms. The van der Waals surface area contributed by atoms with Crippen molar-refractivity contribution in [3.05, 3.63) is 36.5 Å². The number of imide groups is 5. The normalized spacial score (nSPS) is 13.9. The summed E-state index contributed by atoms with van der Waals surface area (Å²) in [7, 11) is 2.32. The van der Waals surface area contributed by atoms with Gasteiger partial charge in [-0.15, -0.1) is 0 Å². The van der Waals surface area contributed by atoms with Crippen molar-refractivity contribution in [2.24, 2.45) is 5.73 Å². The van der Waals surface area contributed by atoms with E-state index in [1.54, 1.807) is 5.32 Å². The molecule has 0 aliphatic carbocycles. The highest BCUT2D eigenvalue weighted by molar-refractivity contribution is 6.21. The summed E-state index contributed by atoms with van der Waals surface area (Å²) < 4.78 is 48.2. The number of methoxy groups -OCH3 is 2. The summed E-state index contributed by atoms with van der Waals surface area (Å²) in [5.74, 6) is -4.98. The van der Waals surface area contributed by atoms with E-state index < -0.39 is 54.4 Å². The number of unbranched alkanes of at least 4 members (excludes halogenated alkanes) is 2. The molecule has 17 nitrogen and oxygen atoms in total. The fourth-order valence-corrected chi connectivity index (χ4v) is 3.16. The highest BCUT2D eigenvalue weighted by Gasteiger charge is 2.38. The van der Waals surface area contributed by atoms with E-state index in [0.29, 0.717) is 11.4 Å². The first-order valence-electron chi connectivity index (χ1n) is 14.9. The third-order valence-corrected chi connectivity index (χ3v) is 5.59. The highest BCUT2D eigenvalue weighted by atomic mass is 19.4. The van der Waals surface area contributed by atoms with Crippen LogP contribution in [0.3, 0.4) is 0 Å². The fraction of sp³-hybridized carbons (Fsp3) is 0.516. The molecule has 3 rings (SSSR count). The molecular weight excluding hydrogens is 691 g/mol. The number of nitrogens with one attached hydrogen (secondary N) is 1. The Labute approximate surface area is 293 Å². The van der Waals surface area contributed by atoms with Crippen LogP contribution < -0.4 is 11.1 Å². The number of amides is 9. The lowest BCUT2D eigenvalue weighted by Gasteiger charge is -2.14. The van der Waals surface area contributed by atoms with E-state index in [9.17, 15) is 56.3 Å². The van der Waals surface area contributed by atoms with Crippen LogP contribution in [0.15, 0.2) is 36.5 Å². The summed E-state index contributed by atoms with van der Waals surface area (Å²) in [4.78, 5) is 98.1. The molecule has 3 aliphatic heterocycles. The Balaban J connectivity index is -0.000000594. The average molecular weight is 738 g/mol. The van der Waals surface area contributed by atoms with Crippen molar-refractivity contribution >= 4 is 53.5 Å². The number of ether oxygens (including phenoxy) is 3. The van der Waals surface area contributed by atoms with Crippen LogP contribution in [0.25, 0.3) is 0 Å². The van der Waals surface area contributed by atoms with Gasteiger partial charge in [0.15, 0.2) is 0 Å². The summed E-state index contributed by atoms with van der Waals surface area (Å²) in [6, 6.07) is 0. The molecule has 0 aromatic carbocycles. The standard InChI is InChI=1S/C9H13NO2.C8H7F3N2O3.C6H5NO4.C5H12O.C2H5NO2.CH4/c1-2-3-4-7-10-8(11)5-6-9(10)12;9-8(10,11)7(16)12-3-4-13-5(14)1-2-6(13)15;1-11-6(10)7-4(8)2-3-5(7)9;1-3-5-6-4-2;1-5-2(3)4;/h5-6H,2-4,7H2,1H3;1-2H,3-4H2,(H,12,16);2-3H,1H3;3-5H2,1-2H3;1H3,(H2,3,4);1H4. The number of alkyl halides is 3. The van der Waals surface area contributed by atoms with Crippen LogP contribution in [-0.4, -0.2) is 121 Å². The van der Waals surface area contributed by atoms with E-state index in [-0.39, 0.29) is 25.8 Å². The Kier molecular flexibility index (Phi) is 26.9. The van der Waals surface area contributed by atoms with Gasteiger partial charge in [-0.2, -0.15) is 18.1 Å². The highest BCUT2D eigenvalue weighted by Crippen LogP contribution is 2.14. The molecule has 0 aromatic rings. The first kappa shape index (κ1) is 50.0. The molecule has 0 radical (unpaired) electrons.